The smallest absolute Gasteiger partial charge is 0.135 e. The second-order valence-electron chi connectivity index (χ2n) is 5.56. The molecule has 3 N–H and O–H groups in total. The number of hydrogen-bond acceptors (Lipinski definition) is 5. The lowest BCUT2D eigenvalue weighted by Gasteiger charge is -2.24. The zero-order chi connectivity index (χ0) is 14.7. The molecule has 2 rings (SSSR count). The van der Waals surface area contributed by atoms with Crippen molar-refractivity contribution in [3.63, 3.8) is 0 Å². The highest BCUT2D eigenvalue weighted by Crippen LogP contribution is 2.33. The van der Waals surface area contributed by atoms with Crippen molar-refractivity contribution in [3.8, 4) is 0 Å². The van der Waals surface area contributed by atoms with E-state index in [0.717, 1.165) is 11.4 Å². The van der Waals surface area contributed by atoms with Gasteiger partial charge < -0.3 is 11.1 Å². The summed E-state index contributed by atoms with van der Waals surface area (Å²) in [6, 6.07) is 4.47. The summed E-state index contributed by atoms with van der Waals surface area (Å²) in [4.78, 5) is 9.81. The first-order valence-electron chi connectivity index (χ1n) is 6.91. The van der Waals surface area contributed by atoms with Crippen LogP contribution < -0.4 is 11.1 Å². The highest BCUT2D eigenvalue weighted by Gasteiger charge is 2.20. The van der Waals surface area contributed by atoms with Crippen molar-refractivity contribution >= 4 is 23.0 Å². The monoisotopic (exact) mass is 290 g/mol. The van der Waals surface area contributed by atoms with Crippen LogP contribution in [0.3, 0.4) is 0 Å². The number of nitrogen functional groups attached to an aromatic ring is 1. The van der Waals surface area contributed by atoms with Crippen LogP contribution in [0.4, 0.5) is 11.6 Å². The van der Waals surface area contributed by atoms with Gasteiger partial charge in [0.25, 0.3) is 0 Å². The molecule has 2 aromatic heterocycles. The average molecular weight is 290 g/mol. The van der Waals surface area contributed by atoms with Gasteiger partial charge in [0.2, 0.25) is 0 Å². The fraction of sp³-hybridized carbons (Fsp3) is 0.467. The van der Waals surface area contributed by atoms with Gasteiger partial charge in [0, 0.05) is 10.4 Å². The molecule has 1 unspecified atom stereocenters. The molecule has 2 heterocycles. The fourth-order valence-electron chi connectivity index (χ4n) is 2.28. The molecule has 0 fully saturated rings. The van der Waals surface area contributed by atoms with Crippen LogP contribution in [0.2, 0.25) is 0 Å². The van der Waals surface area contributed by atoms with Gasteiger partial charge in [0.15, 0.2) is 0 Å². The summed E-state index contributed by atoms with van der Waals surface area (Å²) in [5, 5.41) is 5.65. The second-order valence-corrected chi connectivity index (χ2v) is 6.54. The Morgan fingerprint density at radius 2 is 1.95 bits per heavy atom. The van der Waals surface area contributed by atoms with E-state index in [4.69, 9.17) is 5.73 Å². The van der Waals surface area contributed by atoms with E-state index in [0.29, 0.717) is 11.7 Å². The third-order valence-corrected chi connectivity index (χ3v) is 4.26. The van der Waals surface area contributed by atoms with Gasteiger partial charge in [-0.1, -0.05) is 33.8 Å². The van der Waals surface area contributed by atoms with E-state index in [-0.39, 0.29) is 12.0 Å². The molecule has 20 heavy (non-hydrogen) atoms. The number of nitrogens with zero attached hydrogens (tertiary/aromatic N) is 2. The highest BCUT2D eigenvalue weighted by molar-refractivity contribution is 7.10. The molecule has 5 heteroatoms. The molecule has 0 aliphatic rings. The standard InChI is InChI=1S/C15H22N4S/c1-9(2)12-14(16)17-8-18-15(12)19-13(10(3)4)11-6-5-7-20-11/h5-10,13H,1-4H3,(H3,16,17,18,19). The van der Waals surface area contributed by atoms with Gasteiger partial charge in [0.1, 0.15) is 18.0 Å². The van der Waals surface area contributed by atoms with Gasteiger partial charge in [-0.15, -0.1) is 11.3 Å². The summed E-state index contributed by atoms with van der Waals surface area (Å²) in [5.74, 6) is 2.16. The van der Waals surface area contributed by atoms with Crippen LogP contribution in [-0.4, -0.2) is 9.97 Å². The minimum atomic E-state index is 0.238. The summed E-state index contributed by atoms with van der Waals surface area (Å²) >= 11 is 1.76. The number of aromatic nitrogens is 2. The molecule has 0 amide bonds. The number of thiophene rings is 1. The van der Waals surface area contributed by atoms with Crippen molar-refractivity contribution in [1.29, 1.82) is 0 Å². The van der Waals surface area contributed by atoms with Crippen LogP contribution in [0.5, 0.6) is 0 Å². The molecular weight excluding hydrogens is 268 g/mol. The quantitative estimate of drug-likeness (QED) is 0.872. The number of hydrogen-bond donors (Lipinski definition) is 2. The number of anilines is 2. The van der Waals surface area contributed by atoms with Crippen molar-refractivity contribution in [2.75, 3.05) is 11.1 Å². The molecule has 4 nitrogen and oxygen atoms in total. The van der Waals surface area contributed by atoms with Gasteiger partial charge in [-0.3, -0.25) is 0 Å². The Balaban J connectivity index is 2.35. The maximum absolute atomic E-state index is 6.00. The first-order chi connectivity index (χ1) is 9.50. The minimum absolute atomic E-state index is 0.238. The van der Waals surface area contributed by atoms with Gasteiger partial charge >= 0.3 is 0 Å². The van der Waals surface area contributed by atoms with Gasteiger partial charge in [-0.05, 0) is 23.3 Å². The summed E-state index contributed by atoms with van der Waals surface area (Å²) in [6.07, 6.45) is 1.52. The van der Waals surface area contributed by atoms with Crippen molar-refractivity contribution in [1.82, 2.24) is 9.97 Å². The lowest BCUT2D eigenvalue weighted by Crippen LogP contribution is -2.18. The molecule has 2 aromatic rings. The zero-order valence-corrected chi connectivity index (χ0v) is 13.2. The molecule has 0 radical (unpaired) electrons. The van der Waals surface area contributed by atoms with Crippen molar-refractivity contribution in [2.45, 2.75) is 39.7 Å². The molecule has 0 aliphatic carbocycles. The van der Waals surface area contributed by atoms with E-state index in [1.807, 2.05) is 0 Å². The Hall–Kier alpha value is -1.62. The van der Waals surface area contributed by atoms with Gasteiger partial charge in [-0.2, -0.15) is 0 Å². The van der Waals surface area contributed by atoms with Gasteiger partial charge in [0.05, 0.1) is 6.04 Å². The largest absolute Gasteiger partial charge is 0.383 e. The molecule has 0 spiro atoms. The van der Waals surface area contributed by atoms with E-state index in [1.165, 1.54) is 11.2 Å². The lowest BCUT2D eigenvalue weighted by atomic mass is 10.0. The summed E-state index contributed by atoms with van der Waals surface area (Å²) in [5.41, 5.74) is 7.00. The van der Waals surface area contributed by atoms with Gasteiger partial charge in [-0.25, -0.2) is 9.97 Å². The number of rotatable bonds is 5. The van der Waals surface area contributed by atoms with Crippen LogP contribution in [-0.2, 0) is 0 Å². The van der Waals surface area contributed by atoms with Crippen LogP contribution >= 0.6 is 11.3 Å². The summed E-state index contributed by atoms with van der Waals surface area (Å²) in [7, 11) is 0. The first-order valence-corrected chi connectivity index (χ1v) is 7.79. The Labute approximate surface area is 124 Å². The summed E-state index contributed by atoms with van der Waals surface area (Å²) in [6.45, 7) is 8.62. The van der Waals surface area contributed by atoms with E-state index < -0.39 is 0 Å². The molecule has 0 bridgehead atoms. The maximum atomic E-state index is 6.00. The van der Waals surface area contributed by atoms with E-state index in [1.54, 1.807) is 11.3 Å². The predicted octanol–water partition coefficient (Wildman–Crippen LogP) is 4.05. The Morgan fingerprint density at radius 3 is 2.50 bits per heavy atom. The van der Waals surface area contributed by atoms with Crippen molar-refractivity contribution in [3.05, 3.63) is 34.3 Å². The number of nitrogens with two attached hydrogens (primary N) is 1. The fourth-order valence-corrected chi connectivity index (χ4v) is 3.22. The predicted molar refractivity (Wildman–Crippen MR) is 86.1 cm³/mol. The Morgan fingerprint density at radius 1 is 1.20 bits per heavy atom. The normalized spacial score (nSPS) is 12.9. The number of nitrogens with one attached hydrogen (secondary N) is 1. The van der Waals surface area contributed by atoms with E-state index >= 15 is 0 Å². The first kappa shape index (κ1) is 14.8. The van der Waals surface area contributed by atoms with E-state index in [2.05, 4.69) is 60.5 Å². The average Bonchev–Trinajstić information content (AvgIpc) is 2.88. The minimum Gasteiger partial charge on any atom is -0.383 e. The molecule has 0 aromatic carbocycles. The molecule has 1 atom stereocenters. The van der Waals surface area contributed by atoms with Crippen molar-refractivity contribution in [2.24, 2.45) is 5.92 Å². The van der Waals surface area contributed by atoms with Crippen LogP contribution in [0, 0.1) is 5.92 Å². The molecule has 0 saturated carbocycles. The molecule has 0 aliphatic heterocycles. The summed E-state index contributed by atoms with van der Waals surface area (Å²) < 4.78 is 0. The lowest BCUT2D eigenvalue weighted by molar-refractivity contribution is 0.551. The maximum Gasteiger partial charge on any atom is 0.135 e. The zero-order valence-electron chi connectivity index (χ0n) is 12.4. The third kappa shape index (κ3) is 3.10. The molecule has 0 saturated heterocycles. The third-order valence-electron chi connectivity index (χ3n) is 3.30. The van der Waals surface area contributed by atoms with Crippen LogP contribution in [0.1, 0.15) is 50.1 Å². The van der Waals surface area contributed by atoms with E-state index in [9.17, 15) is 0 Å². The highest BCUT2D eigenvalue weighted by atomic mass is 32.1. The second kappa shape index (κ2) is 6.22. The van der Waals surface area contributed by atoms with Crippen molar-refractivity contribution < 1.29 is 0 Å². The van der Waals surface area contributed by atoms with Crippen LogP contribution in [0.25, 0.3) is 0 Å². The Bertz CT molecular complexity index is 549. The van der Waals surface area contributed by atoms with Crippen LogP contribution in [0.15, 0.2) is 23.8 Å². The SMILES string of the molecule is CC(C)c1c(N)ncnc1NC(c1cccs1)C(C)C. The molecule has 108 valence electrons. The molecular formula is C15H22N4S. The Kier molecular flexibility index (Phi) is 4.60. The topological polar surface area (TPSA) is 63.8 Å².